The molecule has 0 saturated heterocycles. The first kappa shape index (κ1) is 27.7. The zero-order valence-electron chi connectivity index (χ0n) is 26.1. The number of rotatable bonds is 6. The van der Waals surface area contributed by atoms with Gasteiger partial charge in [-0.3, -0.25) is 0 Å². The summed E-state index contributed by atoms with van der Waals surface area (Å²) < 4.78 is 2.39. The Labute approximate surface area is 279 Å². The van der Waals surface area contributed by atoms with E-state index in [2.05, 4.69) is 149 Å². The summed E-state index contributed by atoms with van der Waals surface area (Å²) in [5.74, 6) is 0. The van der Waals surface area contributed by atoms with Crippen molar-refractivity contribution in [1.29, 1.82) is 5.26 Å². The predicted molar refractivity (Wildman–Crippen MR) is 200 cm³/mol. The molecule has 0 bridgehead atoms. The summed E-state index contributed by atoms with van der Waals surface area (Å²) in [6.07, 6.45) is 0. The van der Waals surface area contributed by atoms with E-state index in [1.54, 1.807) is 0 Å². The fourth-order valence-electron chi connectivity index (χ4n) is 7.15. The highest BCUT2D eigenvalue weighted by molar-refractivity contribution is 6.26. The molecule has 3 heteroatoms. The number of nitriles is 1. The number of anilines is 3. The number of hydrogen-bond donors (Lipinski definition) is 0. The Balaban J connectivity index is 1.08. The van der Waals surface area contributed by atoms with Crippen molar-refractivity contribution in [3.05, 3.63) is 181 Å². The number of nitrogens with zero attached hydrogens (tertiary/aromatic N) is 3. The lowest BCUT2D eigenvalue weighted by Crippen LogP contribution is -2.09. The highest BCUT2D eigenvalue weighted by Gasteiger charge is 2.19. The molecule has 0 saturated carbocycles. The highest BCUT2D eigenvalue weighted by atomic mass is 15.1. The minimum absolute atomic E-state index is 0.648. The normalized spacial score (nSPS) is 11.3. The van der Waals surface area contributed by atoms with E-state index in [-0.39, 0.29) is 0 Å². The van der Waals surface area contributed by atoms with E-state index in [4.69, 9.17) is 0 Å². The molecule has 9 rings (SSSR count). The van der Waals surface area contributed by atoms with Crippen molar-refractivity contribution in [2.24, 2.45) is 0 Å². The monoisotopic (exact) mass is 611 g/mol. The quantitative estimate of drug-likeness (QED) is 0.175. The Kier molecular flexibility index (Phi) is 6.52. The van der Waals surface area contributed by atoms with E-state index in [1.807, 2.05) is 42.5 Å². The number of benzene rings is 8. The van der Waals surface area contributed by atoms with Gasteiger partial charge in [-0.1, -0.05) is 103 Å². The molecule has 0 radical (unpaired) electrons. The van der Waals surface area contributed by atoms with Gasteiger partial charge in [-0.2, -0.15) is 5.26 Å². The molecule has 48 heavy (non-hydrogen) atoms. The summed E-state index contributed by atoms with van der Waals surface area (Å²) in [6.45, 7) is 0. The number of hydrogen-bond acceptors (Lipinski definition) is 2. The van der Waals surface area contributed by atoms with Crippen molar-refractivity contribution < 1.29 is 0 Å². The molecule has 1 heterocycles. The molecule has 9 aromatic rings. The summed E-state index contributed by atoms with van der Waals surface area (Å²) in [5.41, 5.74) is 12.2. The predicted octanol–water partition coefficient (Wildman–Crippen LogP) is 12.1. The summed E-state index contributed by atoms with van der Waals surface area (Å²) in [7, 11) is 0. The van der Waals surface area contributed by atoms with Crippen molar-refractivity contribution in [1.82, 2.24) is 4.57 Å². The van der Waals surface area contributed by atoms with E-state index in [0.29, 0.717) is 5.56 Å². The zero-order valence-corrected chi connectivity index (χ0v) is 26.1. The SMILES string of the molecule is N#Cc1ccc(N(c2ccccc2)c2ccc(-c3ccc(-c4ccc5c6c4ccc4cccc(c46)n5-c4ccccc4)cc3)cc2)cc1. The molecule has 0 aliphatic rings. The summed E-state index contributed by atoms with van der Waals surface area (Å²) in [4.78, 5) is 2.21. The molecule has 0 aliphatic carbocycles. The van der Waals surface area contributed by atoms with Crippen LogP contribution in [0.5, 0.6) is 0 Å². The molecule has 0 N–H and O–H groups in total. The first-order valence-electron chi connectivity index (χ1n) is 16.2. The van der Waals surface area contributed by atoms with Crippen LogP contribution in [0, 0.1) is 11.3 Å². The smallest absolute Gasteiger partial charge is 0.0991 e. The van der Waals surface area contributed by atoms with Crippen LogP contribution in [-0.4, -0.2) is 4.57 Å². The van der Waals surface area contributed by atoms with E-state index < -0.39 is 0 Å². The van der Waals surface area contributed by atoms with Gasteiger partial charge in [0, 0.05) is 33.5 Å². The van der Waals surface area contributed by atoms with Crippen LogP contribution in [0.15, 0.2) is 176 Å². The lowest BCUT2D eigenvalue weighted by Gasteiger charge is -2.25. The van der Waals surface area contributed by atoms with Crippen molar-refractivity contribution in [3.63, 3.8) is 0 Å². The average Bonchev–Trinajstić information content (AvgIpc) is 3.51. The topological polar surface area (TPSA) is 32.0 Å². The first-order chi connectivity index (χ1) is 23.8. The van der Waals surface area contributed by atoms with Crippen molar-refractivity contribution in [3.8, 4) is 34.0 Å². The van der Waals surface area contributed by atoms with Crippen LogP contribution in [-0.2, 0) is 0 Å². The Morgan fingerprint density at radius 2 is 1.02 bits per heavy atom. The standard InChI is InChI=1S/C45H29N3/c46-30-31-14-23-38(24-15-31)47(36-9-3-1-4-10-36)39-25-20-33(21-26-39)32-16-18-34(19-17-32)40-28-29-43-45-41(40)27-22-35-8-7-13-42(44(35)45)48(43)37-11-5-2-6-12-37/h1-29H. The van der Waals surface area contributed by atoms with E-state index in [0.717, 1.165) is 22.6 Å². The molecule has 0 atom stereocenters. The van der Waals surface area contributed by atoms with Crippen molar-refractivity contribution in [2.75, 3.05) is 4.90 Å². The zero-order chi connectivity index (χ0) is 32.0. The molecule has 0 unspecified atom stereocenters. The van der Waals surface area contributed by atoms with Gasteiger partial charge in [-0.15, -0.1) is 0 Å². The van der Waals surface area contributed by atoms with E-state index >= 15 is 0 Å². The highest BCUT2D eigenvalue weighted by Crippen LogP contribution is 2.43. The van der Waals surface area contributed by atoms with Crippen LogP contribution in [0.1, 0.15) is 5.56 Å². The van der Waals surface area contributed by atoms with Crippen LogP contribution >= 0.6 is 0 Å². The third kappa shape index (κ3) is 4.51. The van der Waals surface area contributed by atoms with Crippen LogP contribution in [0.3, 0.4) is 0 Å². The van der Waals surface area contributed by atoms with Gasteiger partial charge in [0.15, 0.2) is 0 Å². The molecular formula is C45H29N3. The summed E-state index contributed by atoms with van der Waals surface area (Å²) in [6, 6.07) is 64.2. The maximum Gasteiger partial charge on any atom is 0.0991 e. The maximum absolute atomic E-state index is 9.30. The average molecular weight is 612 g/mol. The molecule has 224 valence electrons. The Bertz CT molecular complexity index is 2580. The molecule has 1 aromatic heterocycles. The lowest BCUT2D eigenvalue weighted by atomic mass is 9.93. The summed E-state index contributed by atoms with van der Waals surface area (Å²) >= 11 is 0. The maximum atomic E-state index is 9.30. The minimum Gasteiger partial charge on any atom is -0.311 e. The van der Waals surface area contributed by atoms with Gasteiger partial charge in [0.1, 0.15) is 0 Å². The van der Waals surface area contributed by atoms with Crippen molar-refractivity contribution in [2.45, 2.75) is 0 Å². The van der Waals surface area contributed by atoms with E-state index in [1.165, 1.54) is 55.0 Å². The Hall–Kier alpha value is -6.63. The van der Waals surface area contributed by atoms with Crippen LogP contribution in [0.4, 0.5) is 17.1 Å². The molecule has 0 spiro atoms. The first-order valence-corrected chi connectivity index (χ1v) is 16.2. The Morgan fingerprint density at radius 1 is 0.438 bits per heavy atom. The minimum atomic E-state index is 0.648. The number of para-hydroxylation sites is 2. The molecule has 8 aromatic carbocycles. The molecule has 3 nitrogen and oxygen atoms in total. The fraction of sp³-hybridized carbons (Fsp3) is 0. The molecule has 0 amide bonds. The van der Waals surface area contributed by atoms with Gasteiger partial charge in [-0.05, 0) is 106 Å². The van der Waals surface area contributed by atoms with Gasteiger partial charge in [0.25, 0.3) is 0 Å². The molecular weight excluding hydrogens is 583 g/mol. The van der Waals surface area contributed by atoms with Gasteiger partial charge < -0.3 is 9.47 Å². The second-order valence-corrected chi connectivity index (χ2v) is 12.1. The number of aromatic nitrogens is 1. The van der Waals surface area contributed by atoms with Crippen LogP contribution in [0.25, 0.3) is 60.5 Å². The van der Waals surface area contributed by atoms with Crippen LogP contribution < -0.4 is 4.90 Å². The summed E-state index contributed by atoms with van der Waals surface area (Å²) in [5, 5.41) is 14.5. The second-order valence-electron chi connectivity index (χ2n) is 12.1. The van der Waals surface area contributed by atoms with Gasteiger partial charge in [0.2, 0.25) is 0 Å². The lowest BCUT2D eigenvalue weighted by molar-refractivity contribution is 1.18. The van der Waals surface area contributed by atoms with Gasteiger partial charge in [-0.25, -0.2) is 0 Å². The van der Waals surface area contributed by atoms with Crippen molar-refractivity contribution >= 4 is 49.6 Å². The fourth-order valence-corrected chi connectivity index (χ4v) is 7.15. The molecule has 0 aliphatic heterocycles. The van der Waals surface area contributed by atoms with Gasteiger partial charge >= 0.3 is 0 Å². The molecule has 0 fully saturated rings. The van der Waals surface area contributed by atoms with Crippen LogP contribution in [0.2, 0.25) is 0 Å². The van der Waals surface area contributed by atoms with E-state index in [9.17, 15) is 5.26 Å². The third-order valence-electron chi connectivity index (χ3n) is 9.40. The second kappa shape index (κ2) is 11.3. The largest absolute Gasteiger partial charge is 0.311 e. The van der Waals surface area contributed by atoms with Gasteiger partial charge in [0.05, 0.1) is 22.7 Å². The Morgan fingerprint density at radius 3 is 1.71 bits per heavy atom. The third-order valence-corrected chi connectivity index (χ3v) is 9.40.